The maximum atomic E-state index is 10.6. The summed E-state index contributed by atoms with van der Waals surface area (Å²) in [6, 6.07) is 8.08. The number of hydrogen-bond donors (Lipinski definition) is 1. The van der Waals surface area contributed by atoms with Crippen LogP contribution in [0, 0.1) is 0 Å². The van der Waals surface area contributed by atoms with Gasteiger partial charge in [-0.25, -0.2) is 4.68 Å². The van der Waals surface area contributed by atoms with Crippen LogP contribution in [0.1, 0.15) is 49.0 Å². The summed E-state index contributed by atoms with van der Waals surface area (Å²) in [6.07, 6.45) is 4.95. The molecule has 0 amide bonds. The van der Waals surface area contributed by atoms with Gasteiger partial charge in [-0.1, -0.05) is 43.3 Å². The van der Waals surface area contributed by atoms with E-state index in [9.17, 15) is 5.11 Å². The molecule has 25 heavy (non-hydrogen) atoms. The lowest BCUT2D eigenvalue weighted by Gasteiger charge is -2.30. The summed E-state index contributed by atoms with van der Waals surface area (Å²) in [6.45, 7) is 4.29. The van der Waals surface area contributed by atoms with Gasteiger partial charge in [0.1, 0.15) is 11.7 Å². The van der Waals surface area contributed by atoms with Crippen molar-refractivity contribution >= 4 is 0 Å². The van der Waals surface area contributed by atoms with Crippen molar-refractivity contribution in [3.8, 4) is 11.3 Å². The summed E-state index contributed by atoms with van der Waals surface area (Å²) in [5.74, 6) is 0.341. The van der Waals surface area contributed by atoms with E-state index in [0.29, 0.717) is 5.92 Å². The van der Waals surface area contributed by atoms with Crippen LogP contribution in [0.2, 0.25) is 0 Å². The average Bonchev–Trinajstić information content (AvgIpc) is 3.21. The number of aliphatic hydroxyl groups is 1. The predicted molar refractivity (Wildman–Crippen MR) is 95.2 cm³/mol. The van der Waals surface area contributed by atoms with Gasteiger partial charge in [-0.05, 0) is 29.9 Å². The topological polar surface area (TPSA) is 68.8 Å². The van der Waals surface area contributed by atoms with Gasteiger partial charge in [0.15, 0.2) is 0 Å². The fourth-order valence-corrected chi connectivity index (χ4v) is 3.90. The molecule has 1 aromatic carbocycles. The van der Waals surface area contributed by atoms with E-state index in [0.717, 1.165) is 35.4 Å². The van der Waals surface area contributed by atoms with Crippen LogP contribution in [-0.2, 0) is 13.5 Å². The Morgan fingerprint density at radius 2 is 2.04 bits per heavy atom. The molecule has 0 unspecified atom stereocenters. The maximum Gasteiger partial charge on any atom is 0.116 e. The highest BCUT2D eigenvalue weighted by Gasteiger charge is 2.30. The van der Waals surface area contributed by atoms with Crippen LogP contribution in [-0.4, -0.2) is 36.0 Å². The summed E-state index contributed by atoms with van der Waals surface area (Å²) in [5.41, 5.74) is 5.35. The highest BCUT2D eigenvalue weighted by atomic mass is 16.3. The minimum absolute atomic E-state index is 0.189. The lowest BCUT2D eigenvalue weighted by Crippen LogP contribution is -2.30. The van der Waals surface area contributed by atoms with Crippen molar-refractivity contribution in [2.24, 2.45) is 7.05 Å². The van der Waals surface area contributed by atoms with E-state index in [4.69, 9.17) is 0 Å². The Morgan fingerprint density at radius 3 is 2.84 bits per heavy atom. The molecule has 6 heteroatoms. The van der Waals surface area contributed by atoms with E-state index < -0.39 is 6.10 Å². The number of aliphatic hydroxyl groups excluding tert-OH is 1. The molecule has 3 aromatic rings. The quantitative estimate of drug-likeness (QED) is 0.798. The second kappa shape index (κ2) is 6.11. The first-order valence-electron chi connectivity index (χ1n) is 8.76. The van der Waals surface area contributed by atoms with Crippen molar-refractivity contribution in [3.05, 3.63) is 53.5 Å². The number of aromatic nitrogens is 5. The summed E-state index contributed by atoms with van der Waals surface area (Å²) in [4.78, 5) is 0. The van der Waals surface area contributed by atoms with Crippen LogP contribution in [0.4, 0.5) is 0 Å². The van der Waals surface area contributed by atoms with Gasteiger partial charge in [0.05, 0.1) is 24.2 Å². The number of fused-ring (bicyclic) bond motifs is 1. The Labute approximate surface area is 147 Å². The van der Waals surface area contributed by atoms with Gasteiger partial charge in [-0.3, -0.25) is 4.68 Å². The third-order valence-electron chi connectivity index (χ3n) is 5.05. The Kier molecular flexibility index (Phi) is 3.92. The molecule has 0 bridgehead atoms. The molecular weight excluding hydrogens is 314 g/mol. The highest BCUT2D eigenvalue weighted by Crippen LogP contribution is 2.34. The Hall–Kier alpha value is -2.47. The van der Waals surface area contributed by atoms with Gasteiger partial charge in [-0.15, -0.1) is 5.10 Å². The van der Waals surface area contributed by atoms with Gasteiger partial charge in [-0.2, -0.15) is 5.10 Å². The summed E-state index contributed by atoms with van der Waals surface area (Å²) >= 11 is 0. The van der Waals surface area contributed by atoms with Crippen LogP contribution < -0.4 is 0 Å². The minimum Gasteiger partial charge on any atom is -0.391 e. The lowest BCUT2D eigenvalue weighted by atomic mass is 9.86. The Morgan fingerprint density at radius 1 is 1.24 bits per heavy atom. The van der Waals surface area contributed by atoms with E-state index in [1.807, 2.05) is 36.3 Å². The third kappa shape index (κ3) is 2.66. The van der Waals surface area contributed by atoms with E-state index in [1.54, 1.807) is 4.68 Å². The maximum absolute atomic E-state index is 10.6. The first kappa shape index (κ1) is 16.0. The van der Waals surface area contributed by atoms with Crippen molar-refractivity contribution in [3.63, 3.8) is 0 Å². The molecule has 2 atom stereocenters. The smallest absolute Gasteiger partial charge is 0.116 e. The van der Waals surface area contributed by atoms with Crippen molar-refractivity contribution in [1.29, 1.82) is 0 Å². The number of aryl methyl sites for hydroxylation is 2. The number of nitrogens with zero attached hydrogens (tertiary/aromatic N) is 5. The molecule has 0 spiro atoms. The molecule has 2 aromatic heterocycles. The van der Waals surface area contributed by atoms with Crippen LogP contribution in [0.3, 0.4) is 0 Å². The molecule has 0 aliphatic heterocycles. The van der Waals surface area contributed by atoms with E-state index in [1.165, 1.54) is 5.56 Å². The number of rotatable bonds is 3. The molecule has 6 nitrogen and oxygen atoms in total. The van der Waals surface area contributed by atoms with Crippen molar-refractivity contribution in [2.45, 2.75) is 44.8 Å². The molecule has 0 fully saturated rings. The average molecular weight is 337 g/mol. The normalized spacial score (nSPS) is 20.0. The Balaban J connectivity index is 1.76. The molecule has 0 saturated carbocycles. The van der Waals surface area contributed by atoms with Crippen LogP contribution in [0.5, 0.6) is 0 Å². The zero-order valence-corrected chi connectivity index (χ0v) is 14.8. The van der Waals surface area contributed by atoms with Crippen molar-refractivity contribution in [2.75, 3.05) is 0 Å². The molecule has 0 saturated heterocycles. The second-order valence-electron chi connectivity index (χ2n) is 7.06. The SMILES string of the molecule is CC(C)c1c(-c2cn([C@H]3c4ccccc4CC[C@@H]3O)nn2)cnn1C. The molecular formula is C19H23N5O. The fourth-order valence-electron chi connectivity index (χ4n) is 3.90. The summed E-state index contributed by atoms with van der Waals surface area (Å²) < 4.78 is 3.69. The van der Waals surface area contributed by atoms with Gasteiger partial charge < -0.3 is 5.11 Å². The first-order chi connectivity index (χ1) is 12.1. The molecule has 1 aliphatic carbocycles. The third-order valence-corrected chi connectivity index (χ3v) is 5.05. The number of benzene rings is 1. The molecule has 130 valence electrons. The Bertz CT molecular complexity index is 895. The molecule has 1 aliphatic rings. The molecule has 1 N–H and O–H groups in total. The van der Waals surface area contributed by atoms with Gasteiger partial charge in [0.2, 0.25) is 0 Å². The zero-order chi connectivity index (χ0) is 17.6. The molecule has 0 radical (unpaired) electrons. The first-order valence-corrected chi connectivity index (χ1v) is 8.76. The van der Waals surface area contributed by atoms with E-state index in [2.05, 4.69) is 41.4 Å². The highest BCUT2D eigenvalue weighted by molar-refractivity contribution is 5.61. The summed E-state index contributed by atoms with van der Waals surface area (Å²) in [5, 5.41) is 23.7. The van der Waals surface area contributed by atoms with Crippen LogP contribution in [0.25, 0.3) is 11.3 Å². The fraction of sp³-hybridized carbons (Fsp3) is 0.421. The second-order valence-corrected chi connectivity index (χ2v) is 7.06. The monoisotopic (exact) mass is 337 g/mol. The lowest BCUT2D eigenvalue weighted by molar-refractivity contribution is 0.107. The predicted octanol–water partition coefficient (Wildman–Crippen LogP) is 2.70. The van der Waals surface area contributed by atoms with Gasteiger partial charge >= 0.3 is 0 Å². The summed E-state index contributed by atoms with van der Waals surface area (Å²) in [7, 11) is 1.95. The standard InChI is InChI=1S/C19H23N5O/c1-12(2)18-15(10-20-23(18)3)16-11-24(22-21-16)19-14-7-5-4-6-13(14)8-9-17(19)25/h4-7,10-12,17,19,25H,8-9H2,1-3H3/t17-,19-/m0/s1. The zero-order valence-electron chi connectivity index (χ0n) is 14.8. The van der Waals surface area contributed by atoms with E-state index >= 15 is 0 Å². The van der Waals surface area contributed by atoms with Gasteiger partial charge in [0, 0.05) is 12.6 Å². The van der Waals surface area contributed by atoms with Gasteiger partial charge in [0.25, 0.3) is 0 Å². The minimum atomic E-state index is -0.456. The molecule has 2 heterocycles. The molecule has 4 rings (SSSR count). The number of hydrogen-bond acceptors (Lipinski definition) is 4. The van der Waals surface area contributed by atoms with Crippen molar-refractivity contribution in [1.82, 2.24) is 24.8 Å². The van der Waals surface area contributed by atoms with Crippen LogP contribution in [0.15, 0.2) is 36.7 Å². The van der Waals surface area contributed by atoms with E-state index in [-0.39, 0.29) is 6.04 Å². The largest absolute Gasteiger partial charge is 0.391 e. The van der Waals surface area contributed by atoms with Crippen LogP contribution >= 0.6 is 0 Å². The van der Waals surface area contributed by atoms with Crippen molar-refractivity contribution < 1.29 is 5.11 Å².